The van der Waals surface area contributed by atoms with E-state index in [0.717, 1.165) is 40.6 Å². The van der Waals surface area contributed by atoms with E-state index >= 15 is 0 Å². The number of nitrogens with zero attached hydrogens (tertiary/aromatic N) is 1. The van der Waals surface area contributed by atoms with Gasteiger partial charge in [-0.05, 0) is 49.1 Å². The summed E-state index contributed by atoms with van der Waals surface area (Å²) in [4.78, 5) is 4.17. The van der Waals surface area contributed by atoms with Crippen molar-refractivity contribution in [1.82, 2.24) is 10.3 Å². The summed E-state index contributed by atoms with van der Waals surface area (Å²) in [6, 6.07) is 8.45. The first-order valence-corrected chi connectivity index (χ1v) is 7.76. The first-order chi connectivity index (χ1) is 10.3. The molecule has 0 spiro atoms. The Kier molecular flexibility index (Phi) is 4.42. The third-order valence-corrected chi connectivity index (χ3v) is 4.02. The highest BCUT2D eigenvalue weighted by Crippen LogP contribution is 2.29. The first-order valence-electron chi connectivity index (χ1n) is 7.39. The van der Waals surface area contributed by atoms with Crippen LogP contribution in [-0.2, 0) is 13.0 Å². The smallest absolute Gasteiger partial charge is 0.150 e. The summed E-state index contributed by atoms with van der Waals surface area (Å²) in [6.07, 6.45) is 7.01. The number of aromatic nitrogens is 1. The van der Waals surface area contributed by atoms with Crippen molar-refractivity contribution in [1.29, 1.82) is 0 Å². The molecule has 0 aliphatic heterocycles. The molecule has 1 aromatic carbocycles. The van der Waals surface area contributed by atoms with Crippen molar-refractivity contribution in [3.05, 3.63) is 52.8 Å². The average molecular weight is 303 g/mol. The number of hydrogen-bond donors (Lipinski definition) is 1. The molecule has 3 nitrogen and oxygen atoms in total. The average Bonchev–Trinajstić information content (AvgIpc) is 3.32. The number of ether oxygens (including phenoxy) is 1. The fourth-order valence-corrected chi connectivity index (χ4v) is 2.45. The number of rotatable bonds is 6. The number of nitrogens with one attached hydrogen (secondary N) is 1. The Bertz CT molecular complexity index is 626. The monoisotopic (exact) mass is 302 g/mol. The summed E-state index contributed by atoms with van der Waals surface area (Å²) in [5, 5.41) is 4.29. The van der Waals surface area contributed by atoms with Gasteiger partial charge in [-0.15, -0.1) is 0 Å². The summed E-state index contributed by atoms with van der Waals surface area (Å²) in [6.45, 7) is 2.90. The van der Waals surface area contributed by atoms with Gasteiger partial charge in [-0.2, -0.15) is 0 Å². The maximum atomic E-state index is 6.14. The maximum absolute atomic E-state index is 6.14. The van der Waals surface area contributed by atoms with E-state index in [-0.39, 0.29) is 0 Å². The Morgan fingerprint density at radius 1 is 1.29 bits per heavy atom. The molecule has 1 N–H and O–H groups in total. The maximum Gasteiger partial charge on any atom is 0.150 e. The summed E-state index contributed by atoms with van der Waals surface area (Å²) in [7, 11) is 0. The van der Waals surface area contributed by atoms with E-state index < -0.39 is 0 Å². The third kappa shape index (κ3) is 3.74. The van der Waals surface area contributed by atoms with Gasteiger partial charge in [0.1, 0.15) is 11.5 Å². The largest absolute Gasteiger partial charge is 0.455 e. The standard InChI is InChI=1S/C17H19ClN2O/c1-2-12-9-15(5-6-16(12)18)21-17-11-19-8-7-13(17)10-20-14-3-4-14/h5-9,11,14,20H,2-4,10H2,1H3. The summed E-state index contributed by atoms with van der Waals surface area (Å²) < 4.78 is 6.00. The quantitative estimate of drug-likeness (QED) is 0.862. The molecule has 1 heterocycles. The van der Waals surface area contributed by atoms with Crippen LogP contribution in [0.5, 0.6) is 11.5 Å². The van der Waals surface area contributed by atoms with Crippen LogP contribution in [0.2, 0.25) is 5.02 Å². The van der Waals surface area contributed by atoms with Crippen molar-refractivity contribution in [3.8, 4) is 11.5 Å². The molecule has 1 aliphatic carbocycles. The molecule has 4 heteroatoms. The second kappa shape index (κ2) is 6.46. The van der Waals surface area contributed by atoms with Crippen molar-refractivity contribution in [2.75, 3.05) is 0 Å². The fraction of sp³-hybridized carbons (Fsp3) is 0.353. The Morgan fingerprint density at radius 2 is 2.14 bits per heavy atom. The molecule has 1 aromatic heterocycles. The normalized spacial score (nSPS) is 14.2. The van der Waals surface area contributed by atoms with E-state index in [1.54, 1.807) is 12.4 Å². The van der Waals surface area contributed by atoms with Gasteiger partial charge in [0.2, 0.25) is 0 Å². The molecule has 0 bridgehead atoms. The van der Waals surface area contributed by atoms with E-state index in [9.17, 15) is 0 Å². The molecule has 0 unspecified atom stereocenters. The zero-order valence-electron chi connectivity index (χ0n) is 12.1. The summed E-state index contributed by atoms with van der Waals surface area (Å²) in [5.41, 5.74) is 2.22. The molecule has 110 valence electrons. The van der Waals surface area contributed by atoms with Crippen molar-refractivity contribution >= 4 is 11.6 Å². The highest BCUT2D eigenvalue weighted by atomic mass is 35.5. The minimum atomic E-state index is 0.674. The van der Waals surface area contributed by atoms with Gasteiger partial charge in [-0.3, -0.25) is 4.98 Å². The van der Waals surface area contributed by atoms with Crippen molar-refractivity contribution in [2.24, 2.45) is 0 Å². The molecule has 21 heavy (non-hydrogen) atoms. The molecule has 1 saturated carbocycles. The summed E-state index contributed by atoms with van der Waals surface area (Å²) >= 11 is 6.14. The summed E-state index contributed by atoms with van der Waals surface area (Å²) in [5.74, 6) is 1.60. The van der Waals surface area contributed by atoms with Crippen LogP contribution < -0.4 is 10.1 Å². The SMILES string of the molecule is CCc1cc(Oc2cnccc2CNC2CC2)ccc1Cl. The fourth-order valence-electron chi connectivity index (χ4n) is 2.20. The third-order valence-electron chi connectivity index (χ3n) is 3.65. The zero-order chi connectivity index (χ0) is 14.7. The van der Waals surface area contributed by atoms with E-state index in [0.29, 0.717) is 6.04 Å². The van der Waals surface area contributed by atoms with Crippen molar-refractivity contribution in [3.63, 3.8) is 0 Å². The lowest BCUT2D eigenvalue weighted by atomic mass is 10.1. The van der Waals surface area contributed by atoms with Gasteiger partial charge < -0.3 is 10.1 Å². The topological polar surface area (TPSA) is 34.1 Å². The molecule has 0 amide bonds. The van der Waals surface area contributed by atoms with Crippen LogP contribution in [0.15, 0.2) is 36.7 Å². The predicted molar refractivity (Wildman–Crippen MR) is 85.0 cm³/mol. The van der Waals surface area contributed by atoms with Crippen LogP contribution in [0.1, 0.15) is 30.9 Å². The molecule has 2 aromatic rings. The Labute approximate surface area is 130 Å². The van der Waals surface area contributed by atoms with Crippen molar-refractivity contribution in [2.45, 2.75) is 38.8 Å². The van der Waals surface area contributed by atoms with Crippen molar-refractivity contribution < 1.29 is 4.74 Å². The van der Waals surface area contributed by atoms with Gasteiger partial charge in [-0.25, -0.2) is 0 Å². The van der Waals surface area contributed by atoms with E-state index in [4.69, 9.17) is 16.3 Å². The first kappa shape index (κ1) is 14.4. The number of halogens is 1. The Hall–Kier alpha value is -1.58. The van der Waals surface area contributed by atoms with Crippen LogP contribution in [0.4, 0.5) is 0 Å². The number of benzene rings is 1. The van der Waals surface area contributed by atoms with Gasteiger partial charge in [0.15, 0.2) is 0 Å². The van der Waals surface area contributed by atoms with Gasteiger partial charge >= 0.3 is 0 Å². The molecule has 0 radical (unpaired) electrons. The molecule has 0 saturated heterocycles. The highest BCUT2D eigenvalue weighted by Gasteiger charge is 2.20. The van der Waals surface area contributed by atoms with Gasteiger partial charge in [0.25, 0.3) is 0 Å². The van der Waals surface area contributed by atoms with E-state index in [1.165, 1.54) is 12.8 Å². The lowest BCUT2D eigenvalue weighted by Gasteiger charge is -2.12. The predicted octanol–water partition coefficient (Wildman–Crippen LogP) is 4.34. The second-order valence-electron chi connectivity index (χ2n) is 5.35. The number of hydrogen-bond acceptors (Lipinski definition) is 3. The van der Waals surface area contributed by atoms with Crippen LogP contribution in [0.3, 0.4) is 0 Å². The Morgan fingerprint density at radius 3 is 2.90 bits per heavy atom. The minimum Gasteiger partial charge on any atom is -0.455 e. The Balaban J connectivity index is 1.77. The number of aryl methyl sites for hydroxylation is 1. The lowest BCUT2D eigenvalue weighted by molar-refractivity contribution is 0.469. The van der Waals surface area contributed by atoms with Crippen LogP contribution in [0, 0.1) is 0 Å². The molecule has 1 aliphatic rings. The second-order valence-corrected chi connectivity index (χ2v) is 5.75. The van der Waals surface area contributed by atoms with Crippen LogP contribution >= 0.6 is 11.6 Å². The minimum absolute atomic E-state index is 0.674. The molecule has 0 atom stereocenters. The highest BCUT2D eigenvalue weighted by molar-refractivity contribution is 6.31. The molecule has 1 fully saturated rings. The lowest BCUT2D eigenvalue weighted by Crippen LogP contribution is -2.15. The van der Waals surface area contributed by atoms with Crippen LogP contribution in [-0.4, -0.2) is 11.0 Å². The zero-order valence-corrected chi connectivity index (χ0v) is 12.9. The number of pyridine rings is 1. The molecular formula is C17H19ClN2O. The molecular weight excluding hydrogens is 284 g/mol. The van der Waals surface area contributed by atoms with Gasteiger partial charge in [0.05, 0.1) is 6.20 Å². The van der Waals surface area contributed by atoms with E-state index in [1.807, 2.05) is 24.3 Å². The van der Waals surface area contributed by atoms with E-state index in [2.05, 4.69) is 17.2 Å². The van der Waals surface area contributed by atoms with Gasteiger partial charge in [0, 0.05) is 29.4 Å². The van der Waals surface area contributed by atoms with Crippen LogP contribution in [0.25, 0.3) is 0 Å². The molecule has 3 rings (SSSR count). The van der Waals surface area contributed by atoms with Gasteiger partial charge in [-0.1, -0.05) is 18.5 Å².